The molecule has 3 aliphatic carbocycles. The average molecular weight is 435 g/mol. The molecular formula is C25H26N2O3S. The predicted octanol–water partition coefficient (Wildman–Crippen LogP) is 4.43. The molecular weight excluding hydrogens is 408 g/mol. The van der Waals surface area contributed by atoms with Crippen LogP contribution in [0.2, 0.25) is 0 Å². The second kappa shape index (κ2) is 8.00. The van der Waals surface area contributed by atoms with Gasteiger partial charge in [0.25, 0.3) is 10.0 Å². The highest BCUT2D eigenvalue weighted by atomic mass is 32.2. The lowest BCUT2D eigenvalue weighted by molar-refractivity contribution is 0.256. The number of nitrogens with one attached hydrogen (secondary N) is 2. The van der Waals surface area contributed by atoms with E-state index in [-0.39, 0.29) is 10.8 Å². The van der Waals surface area contributed by atoms with Crippen LogP contribution >= 0.6 is 0 Å². The van der Waals surface area contributed by atoms with Crippen molar-refractivity contribution in [2.75, 3.05) is 5.32 Å². The molecule has 0 radical (unpaired) electrons. The second-order valence-corrected chi connectivity index (χ2v) is 10.3. The van der Waals surface area contributed by atoms with Gasteiger partial charge in [-0.1, -0.05) is 48.6 Å². The third-order valence-corrected chi connectivity index (χ3v) is 7.80. The Kier molecular flexibility index (Phi) is 5.18. The largest absolute Gasteiger partial charge is 0.333 e. The molecule has 2 amide bonds. The molecule has 0 aromatic heterocycles. The van der Waals surface area contributed by atoms with E-state index in [9.17, 15) is 13.2 Å². The predicted molar refractivity (Wildman–Crippen MR) is 122 cm³/mol. The number of aryl methyl sites for hydroxylation is 2. The number of sulfonamides is 1. The van der Waals surface area contributed by atoms with Crippen molar-refractivity contribution in [1.82, 2.24) is 4.72 Å². The number of amides is 2. The number of urea groups is 1. The summed E-state index contributed by atoms with van der Waals surface area (Å²) < 4.78 is 27.8. The van der Waals surface area contributed by atoms with Crippen LogP contribution in [0.1, 0.15) is 40.7 Å². The number of fused-ring (bicyclic) bond motifs is 2. The van der Waals surface area contributed by atoms with Gasteiger partial charge in [0.1, 0.15) is 0 Å². The third-order valence-electron chi connectivity index (χ3n) is 6.45. The summed E-state index contributed by atoms with van der Waals surface area (Å²) in [5.41, 5.74) is 6.93. The zero-order valence-corrected chi connectivity index (χ0v) is 18.2. The van der Waals surface area contributed by atoms with Crippen molar-refractivity contribution in [3.8, 4) is 0 Å². The summed E-state index contributed by atoms with van der Waals surface area (Å²) in [7, 11) is -3.92. The van der Waals surface area contributed by atoms with E-state index in [1.54, 1.807) is 12.2 Å². The average Bonchev–Trinajstić information content (AvgIpc) is 3.48. The number of carbonyl (C=O) groups is 1. The number of rotatable bonds is 5. The molecule has 5 rings (SSSR count). The molecule has 31 heavy (non-hydrogen) atoms. The molecule has 3 aliphatic rings. The van der Waals surface area contributed by atoms with Gasteiger partial charge in [-0.25, -0.2) is 17.9 Å². The molecule has 1 unspecified atom stereocenters. The van der Waals surface area contributed by atoms with Gasteiger partial charge in [0.2, 0.25) is 0 Å². The highest BCUT2D eigenvalue weighted by molar-refractivity contribution is 7.94. The van der Waals surface area contributed by atoms with E-state index in [0.29, 0.717) is 0 Å². The Hall–Kier alpha value is -2.86. The summed E-state index contributed by atoms with van der Waals surface area (Å²) in [6.45, 7) is 0. The van der Waals surface area contributed by atoms with E-state index in [2.05, 4.69) is 16.1 Å². The zero-order valence-electron chi connectivity index (χ0n) is 17.4. The standard InChI is InChI=1S/C25H26N2O3S/c28-25(26-24-22-10-4-8-19(22)16-20-9-5-11-23(20)24)27-31(29,30)21-13-12-18(15-21)14-17-6-2-1-3-7-17/h1-3,6-7,12-13,15-16,18H,4-5,8-11,14H2,(H2,26,27,28). The fourth-order valence-corrected chi connectivity index (χ4v) is 6.04. The Bertz CT molecular complexity index is 1160. The third kappa shape index (κ3) is 4.04. The molecule has 2 aromatic rings. The van der Waals surface area contributed by atoms with Crippen molar-refractivity contribution in [3.05, 3.63) is 87.3 Å². The van der Waals surface area contributed by atoms with E-state index in [0.717, 1.165) is 56.2 Å². The summed E-state index contributed by atoms with van der Waals surface area (Å²) in [6.07, 6.45) is 12.0. The van der Waals surface area contributed by atoms with E-state index in [4.69, 9.17) is 0 Å². The van der Waals surface area contributed by atoms with Gasteiger partial charge >= 0.3 is 6.03 Å². The van der Waals surface area contributed by atoms with E-state index in [1.165, 1.54) is 22.3 Å². The Morgan fingerprint density at radius 2 is 1.65 bits per heavy atom. The van der Waals surface area contributed by atoms with Crippen LogP contribution in [0, 0.1) is 5.92 Å². The minimum Gasteiger partial charge on any atom is -0.307 e. The highest BCUT2D eigenvalue weighted by Gasteiger charge is 2.27. The molecule has 0 saturated heterocycles. The molecule has 0 fully saturated rings. The molecule has 0 heterocycles. The molecule has 0 saturated carbocycles. The summed E-state index contributed by atoms with van der Waals surface area (Å²) in [4.78, 5) is 12.8. The highest BCUT2D eigenvalue weighted by Crippen LogP contribution is 2.38. The molecule has 6 heteroatoms. The zero-order chi connectivity index (χ0) is 21.4. The maximum absolute atomic E-state index is 12.8. The lowest BCUT2D eigenvalue weighted by Crippen LogP contribution is -2.35. The van der Waals surface area contributed by atoms with Crippen molar-refractivity contribution in [3.63, 3.8) is 0 Å². The summed E-state index contributed by atoms with van der Waals surface area (Å²) in [5, 5.41) is 2.89. The number of hydrogen-bond acceptors (Lipinski definition) is 3. The van der Waals surface area contributed by atoms with Gasteiger partial charge in [-0.2, -0.15) is 0 Å². The summed E-state index contributed by atoms with van der Waals surface area (Å²) >= 11 is 0. The molecule has 1 atom stereocenters. The summed E-state index contributed by atoms with van der Waals surface area (Å²) in [5.74, 6) is -0.00213. The van der Waals surface area contributed by atoms with Crippen molar-refractivity contribution in [2.24, 2.45) is 5.92 Å². The van der Waals surface area contributed by atoms with Crippen LogP contribution in [0.3, 0.4) is 0 Å². The minimum absolute atomic E-state index is 0.00213. The van der Waals surface area contributed by atoms with Crippen LogP contribution in [0.5, 0.6) is 0 Å². The first-order valence-electron chi connectivity index (χ1n) is 10.9. The lowest BCUT2D eigenvalue weighted by atomic mass is 9.99. The lowest BCUT2D eigenvalue weighted by Gasteiger charge is -2.16. The van der Waals surface area contributed by atoms with Gasteiger partial charge in [0, 0.05) is 11.6 Å². The Balaban J connectivity index is 1.30. The molecule has 2 aromatic carbocycles. The monoisotopic (exact) mass is 434 g/mol. The quantitative estimate of drug-likeness (QED) is 0.731. The van der Waals surface area contributed by atoms with Crippen LogP contribution in [0.4, 0.5) is 10.5 Å². The van der Waals surface area contributed by atoms with E-state index < -0.39 is 16.1 Å². The van der Waals surface area contributed by atoms with Crippen molar-refractivity contribution < 1.29 is 13.2 Å². The van der Waals surface area contributed by atoms with Gasteiger partial charge in [-0.05, 0) is 78.8 Å². The van der Waals surface area contributed by atoms with Crippen LogP contribution in [0.25, 0.3) is 0 Å². The van der Waals surface area contributed by atoms with Gasteiger partial charge < -0.3 is 5.32 Å². The van der Waals surface area contributed by atoms with Gasteiger partial charge in [0.15, 0.2) is 0 Å². The smallest absolute Gasteiger partial charge is 0.307 e. The molecule has 2 N–H and O–H groups in total. The van der Waals surface area contributed by atoms with Gasteiger partial charge in [-0.3, -0.25) is 0 Å². The number of allylic oxidation sites excluding steroid dienone is 3. The van der Waals surface area contributed by atoms with E-state index >= 15 is 0 Å². The van der Waals surface area contributed by atoms with Crippen molar-refractivity contribution in [2.45, 2.75) is 44.9 Å². The van der Waals surface area contributed by atoms with Crippen LogP contribution in [-0.4, -0.2) is 14.4 Å². The molecule has 5 nitrogen and oxygen atoms in total. The fourth-order valence-electron chi connectivity index (χ4n) is 5.02. The Labute approximate surface area is 183 Å². The Morgan fingerprint density at radius 3 is 2.32 bits per heavy atom. The van der Waals surface area contributed by atoms with Gasteiger partial charge in [-0.15, -0.1) is 0 Å². The van der Waals surface area contributed by atoms with Crippen LogP contribution in [0.15, 0.2) is 59.5 Å². The second-order valence-electron chi connectivity index (χ2n) is 8.58. The first kappa shape index (κ1) is 20.1. The fraction of sp³-hybridized carbons (Fsp3) is 0.320. The first-order chi connectivity index (χ1) is 15.0. The topological polar surface area (TPSA) is 75.3 Å². The molecule has 0 bridgehead atoms. The molecule has 0 spiro atoms. The SMILES string of the molecule is O=C(Nc1c2c(cc3c1CCC3)CCC2)NS(=O)(=O)C1=CC(Cc2ccccc2)C=C1. The van der Waals surface area contributed by atoms with Gasteiger partial charge in [0.05, 0.1) is 4.91 Å². The first-order valence-corrected chi connectivity index (χ1v) is 12.4. The number of anilines is 1. The minimum atomic E-state index is -3.92. The van der Waals surface area contributed by atoms with Crippen molar-refractivity contribution in [1.29, 1.82) is 0 Å². The van der Waals surface area contributed by atoms with E-state index in [1.807, 2.05) is 36.4 Å². The Morgan fingerprint density at radius 1 is 0.968 bits per heavy atom. The molecule has 0 aliphatic heterocycles. The van der Waals surface area contributed by atoms with Crippen LogP contribution < -0.4 is 10.0 Å². The maximum Gasteiger partial charge on any atom is 0.333 e. The van der Waals surface area contributed by atoms with Crippen molar-refractivity contribution >= 4 is 21.7 Å². The maximum atomic E-state index is 12.8. The van der Waals surface area contributed by atoms with Crippen LogP contribution in [-0.2, 0) is 42.1 Å². The normalized spacial score (nSPS) is 19.1. The molecule has 160 valence electrons. The number of benzene rings is 2. The number of hydrogen-bond donors (Lipinski definition) is 2. The summed E-state index contributed by atoms with van der Waals surface area (Å²) in [6, 6.07) is 11.5. The number of carbonyl (C=O) groups excluding carboxylic acids is 1.